The van der Waals surface area contributed by atoms with Crippen LogP contribution in [-0.2, 0) is 0 Å². The highest BCUT2D eigenvalue weighted by atomic mass is 32.1. The minimum Gasteiger partial charge on any atom is -0.354 e. The van der Waals surface area contributed by atoms with Crippen molar-refractivity contribution >= 4 is 68.6 Å². The Morgan fingerprint density at radius 3 is 1.37 bits per heavy atom. The average molecular weight is 553 g/mol. The van der Waals surface area contributed by atoms with E-state index in [1.807, 2.05) is 40.3 Å². The van der Waals surface area contributed by atoms with Gasteiger partial charge in [-0.3, -0.25) is 20.8 Å². The highest BCUT2D eigenvalue weighted by Crippen LogP contribution is 2.19. The number of hydrazone groups is 2. The molecule has 0 amide bonds. The van der Waals surface area contributed by atoms with Crippen LogP contribution in [0.25, 0.3) is 21.5 Å². The second-order valence-corrected chi connectivity index (χ2v) is 8.99. The maximum atomic E-state index is 13.6. The van der Waals surface area contributed by atoms with Gasteiger partial charge in [-0.2, -0.15) is 10.2 Å². The van der Waals surface area contributed by atoms with E-state index >= 15 is 0 Å². The molecule has 2 aromatic carbocycles. The SMILES string of the molecule is CN(C)C(=S)N/N=C/c1ncc(F)c2ccccc12.CN(C)C(=S)N/N=C\c1ncc(F)c2ccccc12. The fraction of sp³-hybridized carbons (Fsp3) is 0.154. The zero-order valence-corrected chi connectivity index (χ0v) is 22.8. The summed E-state index contributed by atoms with van der Waals surface area (Å²) < 4.78 is 27.1. The van der Waals surface area contributed by atoms with Crippen LogP contribution in [0.15, 0.2) is 71.1 Å². The van der Waals surface area contributed by atoms with Crippen molar-refractivity contribution in [3.63, 3.8) is 0 Å². The topological polar surface area (TPSA) is 81.0 Å². The van der Waals surface area contributed by atoms with Gasteiger partial charge in [0.25, 0.3) is 0 Å². The number of hydrogen-bond donors (Lipinski definition) is 2. The van der Waals surface area contributed by atoms with Crippen molar-refractivity contribution in [2.75, 3.05) is 28.2 Å². The minimum absolute atomic E-state index is 0.343. The lowest BCUT2D eigenvalue weighted by Crippen LogP contribution is -2.30. The summed E-state index contributed by atoms with van der Waals surface area (Å²) in [7, 11) is 7.26. The van der Waals surface area contributed by atoms with Gasteiger partial charge in [-0.15, -0.1) is 0 Å². The van der Waals surface area contributed by atoms with E-state index in [2.05, 4.69) is 31.0 Å². The molecule has 12 heteroatoms. The van der Waals surface area contributed by atoms with Gasteiger partial charge in [0.2, 0.25) is 0 Å². The molecule has 38 heavy (non-hydrogen) atoms. The Kier molecular flexibility index (Phi) is 10.0. The van der Waals surface area contributed by atoms with Crippen molar-refractivity contribution < 1.29 is 8.78 Å². The van der Waals surface area contributed by atoms with E-state index in [-0.39, 0.29) is 11.6 Å². The molecule has 2 heterocycles. The molecule has 0 aliphatic rings. The van der Waals surface area contributed by atoms with Crippen LogP contribution < -0.4 is 10.9 Å². The normalized spacial score (nSPS) is 10.9. The quantitative estimate of drug-likeness (QED) is 0.221. The molecular weight excluding hydrogens is 526 g/mol. The molecule has 2 aromatic heterocycles. The smallest absolute Gasteiger partial charge is 0.189 e. The molecule has 0 saturated carbocycles. The molecule has 2 N–H and O–H groups in total. The number of nitrogens with one attached hydrogen (secondary N) is 2. The maximum absolute atomic E-state index is 13.6. The Morgan fingerprint density at radius 1 is 0.684 bits per heavy atom. The summed E-state index contributed by atoms with van der Waals surface area (Å²) in [5, 5.41) is 11.4. The molecule has 0 unspecified atom stereocenters. The molecule has 196 valence electrons. The van der Waals surface area contributed by atoms with Gasteiger partial charge in [-0.05, 0) is 24.4 Å². The van der Waals surface area contributed by atoms with Crippen LogP contribution in [0.1, 0.15) is 11.4 Å². The molecule has 0 saturated heterocycles. The summed E-state index contributed by atoms with van der Waals surface area (Å²) in [5.41, 5.74) is 6.58. The average Bonchev–Trinajstić information content (AvgIpc) is 2.91. The Labute approximate surface area is 230 Å². The third kappa shape index (κ3) is 7.43. The van der Waals surface area contributed by atoms with E-state index in [1.165, 1.54) is 24.8 Å². The summed E-state index contributed by atoms with van der Waals surface area (Å²) in [4.78, 5) is 11.5. The van der Waals surface area contributed by atoms with E-state index in [4.69, 9.17) is 24.4 Å². The number of rotatable bonds is 4. The lowest BCUT2D eigenvalue weighted by atomic mass is 10.1. The lowest BCUT2D eigenvalue weighted by Gasteiger charge is -2.11. The van der Waals surface area contributed by atoms with Gasteiger partial charge < -0.3 is 9.80 Å². The third-order valence-electron chi connectivity index (χ3n) is 5.06. The first-order valence-electron chi connectivity index (χ1n) is 11.3. The van der Waals surface area contributed by atoms with E-state index in [1.54, 1.807) is 46.2 Å². The Morgan fingerprint density at radius 2 is 1.03 bits per heavy atom. The summed E-state index contributed by atoms with van der Waals surface area (Å²) >= 11 is 10.1. The van der Waals surface area contributed by atoms with Gasteiger partial charge in [0.15, 0.2) is 10.2 Å². The summed E-state index contributed by atoms with van der Waals surface area (Å²) in [5.74, 6) is -0.686. The monoisotopic (exact) mass is 552 g/mol. The molecule has 0 bridgehead atoms. The Hall–Kier alpha value is -4.16. The van der Waals surface area contributed by atoms with E-state index in [0.717, 1.165) is 0 Å². The van der Waals surface area contributed by atoms with Crippen molar-refractivity contribution in [2.45, 2.75) is 0 Å². The standard InChI is InChI=1S/2C13H13FN4S/c2*1-18(2)13(19)17-16-8-12-10-6-4-3-5-9(10)11(14)7-15-12/h2*3-8H,1-2H3,(H,17,19)/b16-8+;16-8-. The number of thiocarbonyl (C=S) groups is 2. The molecule has 0 atom stereocenters. The number of benzene rings is 2. The van der Waals surface area contributed by atoms with Gasteiger partial charge in [0, 0.05) is 49.7 Å². The van der Waals surface area contributed by atoms with Crippen molar-refractivity contribution in [3.8, 4) is 0 Å². The van der Waals surface area contributed by atoms with Gasteiger partial charge >= 0.3 is 0 Å². The van der Waals surface area contributed by atoms with E-state index in [0.29, 0.717) is 43.2 Å². The van der Waals surface area contributed by atoms with Crippen molar-refractivity contribution in [1.82, 2.24) is 30.6 Å². The first-order valence-corrected chi connectivity index (χ1v) is 12.1. The zero-order chi connectivity index (χ0) is 27.7. The van der Waals surface area contributed by atoms with Crippen LogP contribution >= 0.6 is 24.4 Å². The number of fused-ring (bicyclic) bond motifs is 2. The first-order chi connectivity index (χ1) is 18.2. The molecule has 0 aliphatic heterocycles. The number of nitrogens with zero attached hydrogens (tertiary/aromatic N) is 6. The largest absolute Gasteiger partial charge is 0.354 e. The van der Waals surface area contributed by atoms with Gasteiger partial charge in [0.05, 0.1) is 36.2 Å². The Balaban J connectivity index is 0.000000211. The van der Waals surface area contributed by atoms with Crippen LogP contribution in [0.4, 0.5) is 8.78 Å². The molecule has 4 aromatic rings. The van der Waals surface area contributed by atoms with Crippen molar-refractivity contribution in [2.24, 2.45) is 10.2 Å². The third-order valence-corrected chi connectivity index (χ3v) is 5.97. The molecule has 0 radical (unpaired) electrons. The van der Waals surface area contributed by atoms with Gasteiger partial charge in [-0.25, -0.2) is 8.78 Å². The second-order valence-electron chi connectivity index (χ2n) is 8.21. The molecular formula is C26H26F2N8S2. The fourth-order valence-electron chi connectivity index (χ4n) is 3.06. The van der Waals surface area contributed by atoms with Crippen LogP contribution in [-0.4, -0.2) is 70.6 Å². The van der Waals surface area contributed by atoms with E-state index < -0.39 is 0 Å². The van der Waals surface area contributed by atoms with E-state index in [9.17, 15) is 8.78 Å². The lowest BCUT2D eigenvalue weighted by molar-refractivity contribution is 0.606. The number of aromatic nitrogens is 2. The zero-order valence-electron chi connectivity index (χ0n) is 21.2. The molecule has 0 fully saturated rings. The maximum Gasteiger partial charge on any atom is 0.189 e. The molecule has 8 nitrogen and oxygen atoms in total. The highest BCUT2D eigenvalue weighted by Gasteiger charge is 2.06. The summed E-state index contributed by atoms with van der Waals surface area (Å²) in [6.07, 6.45) is 5.43. The molecule has 0 aliphatic carbocycles. The number of halogens is 2. The summed E-state index contributed by atoms with van der Waals surface area (Å²) in [6.45, 7) is 0. The predicted octanol–water partition coefficient (Wildman–Crippen LogP) is 4.29. The Bertz CT molecular complexity index is 1390. The predicted molar refractivity (Wildman–Crippen MR) is 157 cm³/mol. The fourth-order valence-corrected chi connectivity index (χ4v) is 3.17. The highest BCUT2D eigenvalue weighted by molar-refractivity contribution is 7.80. The number of pyridine rings is 2. The van der Waals surface area contributed by atoms with Crippen LogP contribution in [0, 0.1) is 11.6 Å². The van der Waals surface area contributed by atoms with Crippen LogP contribution in [0.3, 0.4) is 0 Å². The van der Waals surface area contributed by atoms with Crippen LogP contribution in [0.5, 0.6) is 0 Å². The van der Waals surface area contributed by atoms with Crippen molar-refractivity contribution in [1.29, 1.82) is 0 Å². The molecule has 0 spiro atoms. The first kappa shape index (κ1) is 28.4. The second kappa shape index (κ2) is 13.4. The van der Waals surface area contributed by atoms with Gasteiger partial charge in [0.1, 0.15) is 11.6 Å². The van der Waals surface area contributed by atoms with Crippen LogP contribution in [0.2, 0.25) is 0 Å². The van der Waals surface area contributed by atoms with Crippen molar-refractivity contribution in [3.05, 3.63) is 83.9 Å². The van der Waals surface area contributed by atoms with Gasteiger partial charge in [-0.1, -0.05) is 48.5 Å². The molecule has 4 rings (SSSR count). The number of hydrogen-bond acceptors (Lipinski definition) is 6. The minimum atomic E-state index is -0.343. The summed E-state index contributed by atoms with van der Waals surface area (Å²) in [6, 6.07) is 14.3.